The van der Waals surface area contributed by atoms with Crippen molar-refractivity contribution in [2.24, 2.45) is 0 Å². The molecule has 0 amide bonds. The van der Waals surface area contributed by atoms with E-state index in [9.17, 15) is 8.78 Å². The van der Waals surface area contributed by atoms with Gasteiger partial charge in [-0.15, -0.1) is 0 Å². The lowest BCUT2D eigenvalue weighted by Crippen LogP contribution is -2.48. The van der Waals surface area contributed by atoms with Gasteiger partial charge in [-0.1, -0.05) is 0 Å². The van der Waals surface area contributed by atoms with E-state index in [0.29, 0.717) is 22.8 Å². The predicted octanol–water partition coefficient (Wildman–Crippen LogP) is 9.80. The maximum Gasteiger partial charge on any atom is 0.224 e. The van der Waals surface area contributed by atoms with Crippen molar-refractivity contribution in [1.29, 1.82) is 0 Å². The molecule has 2 aliphatic rings. The molecule has 6 rings (SSSR count). The Morgan fingerprint density at radius 1 is 0.510 bits per heavy atom. The summed E-state index contributed by atoms with van der Waals surface area (Å²) >= 11 is 0. The third kappa shape index (κ3) is 6.16. The molecule has 0 atom stereocenters. The molecule has 0 radical (unpaired) electrons. The fourth-order valence-electron chi connectivity index (χ4n) is 8.25. The standard InChI is InChI=1S/C39H46F4N6/c1-35(2)15-16-36(3,4)48(35)23-19-27(25-11-13-31(40)46-33(25)42)44-29(21-23)39(9,10)30-22-24(49-37(5,6)17-18-38(49,7)8)20-28(45-30)26-12-14-32(41)47-34(26)43/h11-14,19-22H,15-18H2,1-10H3. The van der Waals surface area contributed by atoms with Crippen LogP contribution in [0.2, 0.25) is 0 Å². The van der Waals surface area contributed by atoms with E-state index in [2.05, 4.69) is 75.2 Å². The van der Waals surface area contributed by atoms with Crippen LogP contribution in [0.25, 0.3) is 22.5 Å². The Bertz CT molecular complexity index is 1760. The Kier molecular flexibility index (Phi) is 8.15. The van der Waals surface area contributed by atoms with Crippen LogP contribution in [0.4, 0.5) is 28.9 Å². The topological polar surface area (TPSA) is 58.0 Å². The van der Waals surface area contributed by atoms with Gasteiger partial charge < -0.3 is 9.80 Å². The van der Waals surface area contributed by atoms with Gasteiger partial charge in [0.2, 0.25) is 23.8 Å². The van der Waals surface area contributed by atoms with Gasteiger partial charge in [0.1, 0.15) is 0 Å². The van der Waals surface area contributed by atoms with E-state index in [4.69, 9.17) is 9.97 Å². The maximum absolute atomic E-state index is 15.3. The summed E-state index contributed by atoms with van der Waals surface area (Å²) in [6.45, 7) is 21.5. The van der Waals surface area contributed by atoms with Gasteiger partial charge in [0, 0.05) is 38.9 Å². The number of rotatable bonds is 6. The molecule has 6 nitrogen and oxygen atoms in total. The van der Waals surface area contributed by atoms with Crippen molar-refractivity contribution < 1.29 is 17.6 Å². The van der Waals surface area contributed by atoms with E-state index in [1.54, 1.807) is 0 Å². The van der Waals surface area contributed by atoms with Gasteiger partial charge in [-0.2, -0.15) is 27.5 Å². The van der Waals surface area contributed by atoms with Crippen molar-refractivity contribution in [1.82, 2.24) is 19.9 Å². The molecule has 0 N–H and O–H groups in total. The molecule has 10 heteroatoms. The average molecular weight is 675 g/mol. The molecule has 0 aliphatic carbocycles. The van der Waals surface area contributed by atoms with Gasteiger partial charge >= 0.3 is 0 Å². The number of anilines is 2. The number of halogens is 4. The van der Waals surface area contributed by atoms with Crippen molar-refractivity contribution in [2.75, 3.05) is 9.80 Å². The van der Waals surface area contributed by atoms with Crippen molar-refractivity contribution in [2.45, 2.75) is 122 Å². The summed E-state index contributed by atoms with van der Waals surface area (Å²) in [5.41, 5.74) is 1.90. The highest BCUT2D eigenvalue weighted by atomic mass is 19.1. The summed E-state index contributed by atoms with van der Waals surface area (Å²) in [7, 11) is 0. The van der Waals surface area contributed by atoms with Crippen LogP contribution in [0.1, 0.15) is 106 Å². The van der Waals surface area contributed by atoms with Crippen LogP contribution in [0, 0.1) is 23.8 Å². The number of pyridine rings is 4. The molecule has 0 spiro atoms. The fraction of sp³-hybridized carbons (Fsp3) is 0.487. The first-order chi connectivity index (χ1) is 22.6. The SMILES string of the molecule is CC(C)(c1cc(N2C(C)(C)CCC2(C)C)cc(-c2ccc(F)nc2F)n1)c1cc(N2C(C)(C)CCC2(C)C)cc(-c2ccc(F)nc2F)n1. The van der Waals surface area contributed by atoms with Crippen LogP contribution < -0.4 is 9.80 Å². The summed E-state index contributed by atoms with van der Waals surface area (Å²) < 4.78 is 58.5. The summed E-state index contributed by atoms with van der Waals surface area (Å²) in [5.74, 6) is -3.73. The smallest absolute Gasteiger partial charge is 0.224 e. The Hall–Kier alpha value is -4.08. The van der Waals surface area contributed by atoms with E-state index in [1.165, 1.54) is 12.1 Å². The third-order valence-electron chi connectivity index (χ3n) is 10.7. The zero-order valence-electron chi connectivity index (χ0n) is 30.1. The Balaban J connectivity index is 1.61. The zero-order valence-corrected chi connectivity index (χ0v) is 30.1. The van der Waals surface area contributed by atoms with Gasteiger partial charge in [0.15, 0.2) is 0 Å². The summed E-state index contributed by atoms with van der Waals surface area (Å²) in [6.07, 6.45) is 3.81. The van der Waals surface area contributed by atoms with Crippen LogP contribution in [0.3, 0.4) is 0 Å². The van der Waals surface area contributed by atoms with E-state index >= 15 is 8.78 Å². The monoisotopic (exact) mass is 674 g/mol. The van der Waals surface area contributed by atoms with Crippen LogP contribution in [-0.2, 0) is 5.41 Å². The van der Waals surface area contributed by atoms with Gasteiger partial charge in [0.05, 0.1) is 33.9 Å². The molecular formula is C39H46F4N6. The lowest BCUT2D eigenvalue weighted by Gasteiger charge is -2.44. The first-order valence-corrected chi connectivity index (χ1v) is 16.9. The molecule has 260 valence electrons. The van der Waals surface area contributed by atoms with Crippen LogP contribution in [0.5, 0.6) is 0 Å². The molecule has 2 aliphatic heterocycles. The highest BCUT2D eigenvalue weighted by Gasteiger charge is 2.47. The van der Waals surface area contributed by atoms with Crippen molar-refractivity contribution in [3.8, 4) is 22.5 Å². The van der Waals surface area contributed by atoms with Crippen molar-refractivity contribution in [3.05, 3.63) is 83.7 Å². The molecule has 0 saturated carbocycles. The summed E-state index contributed by atoms with van der Waals surface area (Å²) in [4.78, 5) is 21.6. The quantitative estimate of drug-likeness (QED) is 0.150. The number of aromatic nitrogens is 4. The van der Waals surface area contributed by atoms with E-state index in [-0.39, 0.29) is 33.3 Å². The summed E-state index contributed by atoms with van der Waals surface area (Å²) in [6, 6.07) is 12.7. The Labute approximate surface area is 287 Å². The first kappa shape index (κ1) is 34.8. The van der Waals surface area contributed by atoms with E-state index in [0.717, 1.165) is 49.2 Å². The third-order valence-corrected chi connectivity index (χ3v) is 10.7. The normalized spacial score (nSPS) is 19.5. The highest BCUT2D eigenvalue weighted by Crippen LogP contribution is 2.48. The Morgan fingerprint density at radius 2 is 0.837 bits per heavy atom. The largest absolute Gasteiger partial charge is 0.361 e. The molecule has 0 aromatic carbocycles. The molecule has 4 aromatic rings. The van der Waals surface area contributed by atoms with Crippen LogP contribution in [-0.4, -0.2) is 42.1 Å². The lowest BCUT2D eigenvalue weighted by atomic mass is 9.83. The minimum absolute atomic E-state index is 0.0810. The average Bonchev–Trinajstić information content (AvgIpc) is 3.36. The molecule has 2 saturated heterocycles. The van der Waals surface area contributed by atoms with Gasteiger partial charge in [-0.3, -0.25) is 9.97 Å². The number of nitrogens with zero attached hydrogens (tertiary/aromatic N) is 6. The Morgan fingerprint density at radius 3 is 1.14 bits per heavy atom. The second-order valence-electron chi connectivity index (χ2n) is 16.7. The van der Waals surface area contributed by atoms with Gasteiger partial charge in [-0.05, 0) is 143 Å². The van der Waals surface area contributed by atoms with Gasteiger partial charge in [0.25, 0.3) is 0 Å². The first-order valence-electron chi connectivity index (χ1n) is 16.9. The lowest BCUT2D eigenvalue weighted by molar-refractivity contribution is 0.451. The van der Waals surface area contributed by atoms with E-state index < -0.39 is 29.2 Å². The zero-order chi connectivity index (χ0) is 35.9. The fourth-order valence-corrected chi connectivity index (χ4v) is 8.25. The summed E-state index contributed by atoms with van der Waals surface area (Å²) in [5, 5.41) is 0. The predicted molar refractivity (Wildman–Crippen MR) is 187 cm³/mol. The highest BCUT2D eigenvalue weighted by molar-refractivity contribution is 5.70. The van der Waals surface area contributed by atoms with Crippen molar-refractivity contribution in [3.63, 3.8) is 0 Å². The molecule has 0 bridgehead atoms. The van der Waals surface area contributed by atoms with Crippen LogP contribution in [0.15, 0.2) is 48.5 Å². The maximum atomic E-state index is 15.3. The minimum atomic E-state index is -0.950. The molecule has 4 aromatic heterocycles. The van der Waals surface area contributed by atoms with Gasteiger partial charge in [-0.25, -0.2) is 0 Å². The molecular weight excluding hydrogens is 628 g/mol. The molecule has 0 unspecified atom stereocenters. The number of hydrogen-bond acceptors (Lipinski definition) is 6. The second-order valence-corrected chi connectivity index (χ2v) is 16.7. The minimum Gasteiger partial charge on any atom is -0.361 e. The van der Waals surface area contributed by atoms with Crippen molar-refractivity contribution >= 4 is 11.4 Å². The molecule has 6 heterocycles. The second kappa shape index (κ2) is 11.5. The van der Waals surface area contributed by atoms with E-state index in [1.807, 2.05) is 38.1 Å². The molecule has 49 heavy (non-hydrogen) atoms. The number of hydrogen-bond donors (Lipinski definition) is 0. The molecule has 2 fully saturated rings. The van der Waals surface area contributed by atoms with Crippen LogP contribution >= 0.6 is 0 Å².